The molecule has 9 heteroatoms. The lowest BCUT2D eigenvalue weighted by molar-refractivity contribution is -0.121. The van der Waals surface area contributed by atoms with Gasteiger partial charge in [-0.15, -0.1) is 0 Å². The fourth-order valence-corrected chi connectivity index (χ4v) is 5.30. The zero-order chi connectivity index (χ0) is 24.7. The highest BCUT2D eigenvalue weighted by Gasteiger charge is 2.25. The van der Waals surface area contributed by atoms with Crippen LogP contribution in [0.3, 0.4) is 0 Å². The number of aromatic nitrogens is 1. The number of rotatable bonds is 9. The van der Waals surface area contributed by atoms with Crippen LogP contribution in [0, 0.1) is 6.92 Å². The van der Waals surface area contributed by atoms with Crippen LogP contribution in [0.25, 0.3) is 0 Å². The molecule has 0 unspecified atom stereocenters. The molecule has 4 rings (SSSR count). The second kappa shape index (κ2) is 11.3. The van der Waals surface area contributed by atoms with Gasteiger partial charge >= 0.3 is 0 Å². The van der Waals surface area contributed by atoms with Crippen LogP contribution in [-0.2, 0) is 26.1 Å². The third-order valence-electron chi connectivity index (χ3n) is 5.83. The first-order chi connectivity index (χ1) is 16.9. The summed E-state index contributed by atoms with van der Waals surface area (Å²) in [6.07, 6.45) is 1.78. The van der Waals surface area contributed by atoms with Gasteiger partial charge < -0.3 is 15.0 Å². The number of aryl methyl sites for hydroxylation is 1. The summed E-state index contributed by atoms with van der Waals surface area (Å²) in [6, 6.07) is 19.4. The Kier molecular flexibility index (Phi) is 7.99. The zero-order valence-electron chi connectivity index (χ0n) is 19.8. The number of hydrogen-bond donors (Lipinski definition) is 1. The van der Waals surface area contributed by atoms with E-state index in [1.165, 1.54) is 4.31 Å². The number of nitrogens with zero attached hydrogens (tertiary/aromatic N) is 3. The molecule has 3 aromatic rings. The van der Waals surface area contributed by atoms with Crippen molar-refractivity contribution in [1.82, 2.24) is 10.3 Å². The highest BCUT2D eigenvalue weighted by molar-refractivity contribution is 7.92. The molecule has 8 nitrogen and oxygen atoms in total. The highest BCUT2D eigenvalue weighted by Crippen LogP contribution is 2.24. The van der Waals surface area contributed by atoms with Crippen LogP contribution in [0.15, 0.2) is 77.8 Å². The van der Waals surface area contributed by atoms with Crippen molar-refractivity contribution in [3.05, 3.63) is 84.1 Å². The molecule has 0 radical (unpaired) electrons. The van der Waals surface area contributed by atoms with Crippen LogP contribution in [0.4, 0.5) is 11.5 Å². The van der Waals surface area contributed by atoms with Crippen LogP contribution in [-0.4, -0.2) is 52.2 Å². The van der Waals surface area contributed by atoms with Crippen molar-refractivity contribution in [2.24, 2.45) is 0 Å². The van der Waals surface area contributed by atoms with Gasteiger partial charge in [-0.25, -0.2) is 13.4 Å². The van der Waals surface area contributed by atoms with Gasteiger partial charge in [0.05, 0.1) is 23.8 Å². The van der Waals surface area contributed by atoms with Crippen molar-refractivity contribution in [3.63, 3.8) is 0 Å². The Morgan fingerprint density at radius 2 is 1.74 bits per heavy atom. The van der Waals surface area contributed by atoms with Crippen LogP contribution < -0.4 is 14.5 Å². The topological polar surface area (TPSA) is 91.8 Å². The standard InChI is InChI=1S/C26H30N4O4S/c1-21-7-10-23(11-8-21)30(35(32,33)24-5-3-2-4-6-24)14-13-26(31)28-20-22-9-12-25(27-19-22)29-15-17-34-18-16-29/h2-12,19H,13-18,20H2,1H3,(H,28,31). The Balaban J connectivity index is 1.38. The van der Waals surface area contributed by atoms with E-state index >= 15 is 0 Å². The van der Waals surface area contributed by atoms with Crippen molar-refractivity contribution in [1.29, 1.82) is 0 Å². The number of benzene rings is 2. The minimum absolute atomic E-state index is 0.0270. The number of carbonyl (C=O) groups is 1. The second-order valence-corrected chi connectivity index (χ2v) is 10.2. The molecule has 1 aromatic heterocycles. The van der Waals surface area contributed by atoms with Gasteiger partial charge in [-0.3, -0.25) is 9.10 Å². The van der Waals surface area contributed by atoms with E-state index in [4.69, 9.17) is 4.74 Å². The first-order valence-electron chi connectivity index (χ1n) is 11.6. The molecule has 35 heavy (non-hydrogen) atoms. The predicted octanol–water partition coefficient (Wildman–Crippen LogP) is 3.13. The van der Waals surface area contributed by atoms with Gasteiger partial charge in [0.2, 0.25) is 5.91 Å². The number of morpholine rings is 1. The lowest BCUT2D eigenvalue weighted by Gasteiger charge is -2.27. The molecule has 1 saturated heterocycles. The molecule has 2 heterocycles. The maximum absolute atomic E-state index is 13.3. The zero-order valence-corrected chi connectivity index (χ0v) is 20.6. The molecule has 1 N–H and O–H groups in total. The number of carbonyl (C=O) groups excluding carboxylic acids is 1. The van der Waals surface area contributed by atoms with E-state index in [1.54, 1.807) is 48.7 Å². The van der Waals surface area contributed by atoms with Crippen molar-refractivity contribution in [3.8, 4) is 0 Å². The van der Waals surface area contributed by atoms with Crippen LogP contribution in [0.1, 0.15) is 17.5 Å². The van der Waals surface area contributed by atoms with Gasteiger partial charge in [0, 0.05) is 38.8 Å². The number of pyridine rings is 1. The molecule has 1 aliphatic rings. The van der Waals surface area contributed by atoms with Crippen LogP contribution >= 0.6 is 0 Å². The van der Waals surface area contributed by atoms with Crippen molar-refractivity contribution in [2.45, 2.75) is 24.8 Å². The quantitative estimate of drug-likeness (QED) is 0.492. The summed E-state index contributed by atoms with van der Waals surface area (Å²) in [4.78, 5) is 19.5. The molecule has 0 aliphatic carbocycles. The summed E-state index contributed by atoms with van der Waals surface area (Å²) in [5.74, 6) is 0.658. The summed E-state index contributed by atoms with van der Waals surface area (Å²) >= 11 is 0. The Bertz CT molecular complexity index is 1210. The molecular formula is C26H30N4O4S. The third kappa shape index (κ3) is 6.37. The van der Waals surface area contributed by atoms with E-state index in [0.29, 0.717) is 25.4 Å². The monoisotopic (exact) mass is 494 g/mol. The van der Waals surface area contributed by atoms with Gasteiger partial charge in [-0.1, -0.05) is 42.0 Å². The Hall–Kier alpha value is -3.43. The third-order valence-corrected chi connectivity index (χ3v) is 7.67. The van der Waals surface area contributed by atoms with Gasteiger partial charge in [0.15, 0.2) is 0 Å². The Morgan fingerprint density at radius 1 is 1.03 bits per heavy atom. The summed E-state index contributed by atoms with van der Waals surface area (Å²) in [6.45, 7) is 5.30. The molecule has 0 bridgehead atoms. The largest absolute Gasteiger partial charge is 0.378 e. The van der Waals surface area contributed by atoms with Crippen LogP contribution in [0.2, 0.25) is 0 Å². The molecule has 1 amide bonds. The minimum atomic E-state index is -3.82. The van der Waals surface area contributed by atoms with Gasteiger partial charge in [0.1, 0.15) is 5.82 Å². The summed E-state index contributed by atoms with van der Waals surface area (Å²) in [7, 11) is -3.82. The summed E-state index contributed by atoms with van der Waals surface area (Å²) < 4.78 is 33.4. The molecule has 0 saturated carbocycles. The van der Waals surface area contributed by atoms with E-state index in [0.717, 1.165) is 30.0 Å². The number of nitrogens with one attached hydrogen (secondary N) is 1. The lowest BCUT2D eigenvalue weighted by Crippen LogP contribution is -2.36. The number of amides is 1. The Morgan fingerprint density at radius 3 is 2.40 bits per heavy atom. The van der Waals surface area contributed by atoms with Crippen molar-refractivity contribution in [2.75, 3.05) is 42.1 Å². The molecule has 0 atom stereocenters. The number of ether oxygens (including phenoxy) is 1. The lowest BCUT2D eigenvalue weighted by atomic mass is 10.2. The molecule has 1 aliphatic heterocycles. The highest BCUT2D eigenvalue weighted by atomic mass is 32.2. The fourth-order valence-electron chi connectivity index (χ4n) is 3.81. The van der Waals surface area contributed by atoms with E-state index in [2.05, 4.69) is 15.2 Å². The summed E-state index contributed by atoms with van der Waals surface area (Å²) in [5.41, 5.74) is 2.43. The van der Waals surface area contributed by atoms with E-state index in [9.17, 15) is 13.2 Å². The molecule has 184 valence electrons. The SMILES string of the molecule is Cc1ccc(N(CCC(=O)NCc2ccc(N3CCOCC3)nc2)S(=O)(=O)c2ccccc2)cc1. The van der Waals surface area contributed by atoms with E-state index < -0.39 is 10.0 Å². The molecular weight excluding hydrogens is 464 g/mol. The number of anilines is 2. The average molecular weight is 495 g/mol. The van der Waals surface area contributed by atoms with E-state index in [-0.39, 0.29) is 23.8 Å². The maximum atomic E-state index is 13.3. The van der Waals surface area contributed by atoms with Crippen molar-refractivity contribution >= 4 is 27.4 Å². The van der Waals surface area contributed by atoms with Gasteiger partial charge in [0.25, 0.3) is 10.0 Å². The van der Waals surface area contributed by atoms with Crippen molar-refractivity contribution < 1.29 is 17.9 Å². The summed E-state index contributed by atoms with van der Waals surface area (Å²) in [5, 5.41) is 2.87. The Labute approximate surface area is 206 Å². The molecule has 1 fully saturated rings. The first kappa shape index (κ1) is 24.7. The number of hydrogen-bond acceptors (Lipinski definition) is 6. The first-order valence-corrected chi connectivity index (χ1v) is 13.1. The average Bonchev–Trinajstić information content (AvgIpc) is 2.90. The van der Waals surface area contributed by atoms with Gasteiger partial charge in [-0.05, 0) is 42.8 Å². The number of sulfonamides is 1. The predicted molar refractivity (Wildman–Crippen MR) is 136 cm³/mol. The second-order valence-electron chi connectivity index (χ2n) is 8.38. The van der Waals surface area contributed by atoms with Gasteiger partial charge in [-0.2, -0.15) is 0 Å². The van der Waals surface area contributed by atoms with Crippen LogP contribution in [0.5, 0.6) is 0 Å². The smallest absolute Gasteiger partial charge is 0.264 e. The normalized spacial score (nSPS) is 13.9. The minimum Gasteiger partial charge on any atom is -0.378 e. The maximum Gasteiger partial charge on any atom is 0.264 e. The van der Waals surface area contributed by atoms with E-state index in [1.807, 2.05) is 31.2 Å². The fraction of sp³-hybridized carbons (Fsp3) is 0.308. The molecule has 2 aromatic carbocycles. The molecule has 0 spiro atoms.